The number of aliphatic carboxylic acids is 1. The van der Waals surface area contributed by atoms with Crippen molar-refractivity contribution in [1.82, 2.24) is 0 Å². The van der Waals surface area contributed by atoms with Gasteiger partial charge in [0.2, 0.25) is 0 Å². The SMILES string of the molecule is COC1C(C)=C(C(=O)O)C(C)=C(C)C1(C)C=CC(=O)c1ccc(Oc2ccccc2)cc1. The smallest absolute Gasteiger partial charge is 0.335 e. The molecule has 32 heavy (non-hydrogen) atoms. The van der Waals surface area contributed by atoms with Crippen molar-refractivity contribution in [2.75, 3.05) is 7.11 Å². The number of hydrogen-bond donors (Lipinski definition) is 1. The summed E-state index contributed by atoms with van der Waals surface area (Å²) in [7, 11) is 1.56. The number of ether oxygens (including phenoxy) is 2. The van der Waals surface area contributed by atoms with E-state index in [-0.39, 0.29) is 11.4 Å². The lowest BCUT2D eigenvalue weighted by Crippen LogP contribution is -2.39. The molecule has 0 fully saturated rings. The summed E-state index contributed by atoms with van der Waals surface area (Å²) in [6, 6.07) is 16.4. The maximum atomic E-state index is 12.8. The van der Waals surface area contributed by atoms with Crippen molar-refractivity contribution in [3.05, 3.63) is 94.6 Å². The number of allylic oxidation sites excluding steroid dienone is 1. The van der Waals surface area contributed by atoms with Crippen LogP contribution in [-0.2, 0) is 9.53 Å². The molecule has 0 aromatic heterocycles. The fraction of sp³-hybridized carbons (Fsp3) is 0.259. The van der Waals surface area contributed by atoms with Gasteiger partial charge in [-0.25, -0.2) is 4.79 Å². The molecule has 0 radical (unpaired) electrons. The summed E-state index contributed by atoms with van der Waals surface area (Å²) in [4.78, 5) is 24.6. The van der Waals surface area contributed by atoms with Crippen LogP contribution in [0.3, 0.4) is 0 Å². The van der Waals surface area contributed by atoms with Gasteiger partial charge in [0.25, 0.3) is 0 Å². The van der Waals surface area contributed by atoms with Gasteiger partial charge in [0.1, 0.15) is 11.5 Å². The highest BCUT2D eigenvalue weighted by molar-refractivity contribution is 6.04. The number of carbonyl (C=O) groups excluding carboxylic acids is 1. The Labute approximate surface area is 188 Å². The topological polar surface area (TPSA) is 72.8 Å². The van der Waals surface area contributed by atoms with Gasteiger partial charge in [-0.1, -0.05) is 29.8 Å². The molecule has 2 aromatic rings. The average molecular weight is 433 g/mol. The fourth-order valence-corrected chi connectivity index (χ4v) is 4.28. The van der Waals surface area contributed by atoms with Crippen molar-refractivity contribution in [1.29, 1.82) is 0 Å². The zero-order valence-corrected chi connectivity index (χ0v) is 19.0. The summed E-state index contributed by atoms with van der Waals surface area (Å²) < 4.78 is 11.5. The normalized spacial score (nSPS) is 21.2. The number of benzene rings is 2. The average Bonchev–Trinajstić information content (AvgIpc) is 2.77. The maximum absolute atomic E-state index is 12.8. The number of methoxy groups -OCH3 is 1. The Morgan fingerprint density at radius 2 is 1.56 bits per heavy atom. The molecule has 0 amide bonds. The van der Waals surface area contributed by atoms with Crippen LogP contribution in [0.25, 0.3) is 0 Å². The predicted molar refractivity (Wildman–Crippen MR) is 124 cm³/mol. The van der Waals surface area contributed by atoms with Crippen LogP contribution < -0.4 is 4.74 Å². The van der Waals surface area contributed by atoms with Crippen LogP contribution in [0.15, 0.2) is 89.0 Å². The van der Waals surface area contributed by atoms with E-state index in [4.69, 9.17) is 9.47 Å². The molecule has 5 heteroatoms. The first-order valence-corrected chi connectivity index (χ1v) is 10.4. The lowest BCUT2D eigenvalue weighted by atomic mass is 9.67. The second-order valence-corrected chi connectivity index (χ2v) is 8.15. The van der Waals surface area contributed by atoms with Crippen molar-refractivity contribution >= 4 is 11.8 Å². The quantitative estimate of drug-likeness (QED) is 0.430. The van der Waals surface area contributed by atoms with Crippen LogP contribution in [-0.4, -0.2) is 30.1 Å². The Morgan fingerprint density at radius 1 is 0.969 bits per heavy atom. The van der Waals surface area contributed by atoms with Gasteiger partial charge in [-0.05, 0) is 81.3 Å². The molecule has 3 rings (SSSR count). The molecule has 0 saturated carbocycles. The van der Waals surface area contributed by atoms with Gasteiger partial charge in [-0.3, -0.25) is 4.79 Å². The third-order valence-electron chi connectivity index (χ3n) is 6.23. The summed E-state index contributed by atoms with van der Waals surface area (Å²) in [6.07, 6.45) is 2.87. The van der Waals surface area contributed by atoms with E-state index < -0.39 is 17.5 Å². The Balaban J connectivity index is 1.83. The Kier molecular flexibility index (Phi) is 6.80. The largest absolute Gasteiger partial charge is 0.478 e. The van der Waals surface area contributed by atoms with Gasteiger partial charge in [-0.2, -0.15) is 0 Å². The summed E-state index contributed by atoms with van der Waals surface area (Å²) in [6.45, 7) is 7.42. The number of para-hydroxylation sites is 1. The van der Waals surface area contributed by atoms with Gasteiger partial charge in [0, 0.05) is 18.1 Å². The molecule has 5 nitrogen and oxygen atoms in total. The fourth-order valence-electron chi connectivity index (χ4n) is 4.28. The standard InChI is InChI=1S/C27H28O5/c1-17-19(3)27(4,25(31-5)18(2)24(17)26(29)30)16-15-23(28)20-11-13-22(14-12-20)32-21-9-7-6-8-10-21/h6-16,25H,1-5H3,(H,29,30). The van der Waals surface area contributed by atoms with E-state index in [9.17, 15) is 14.7 Å². The minimum Gasteiger partial charge on any atom is -0.478 e. The molecule has 0 spiro atoms. The molecule has 0 saturated heterocycles. The molecule has 0 aliphatic heterocycles. The van der Waals surface area contributed by atoms with Crippen molar-refractivity contribution in [2.24, 2.45) is 5.41 Å². The minimum atomic E-state index is -0.971. The van der Waals surface area contributed by atoms with Gasteiger partial charge < -0.3 is 14.6 Å². The second kappa shape index (κ2) is 9.37. The second-order valence-electron chi connectivity index (χ2n) is 8.15. The van der Waals surface area contributed by atoms with E-state index in [0.717, 1.165) is 11.3 Å². The molecule has 2 atom stereocenters. The molecular weight excluding hydrogens is 404 g/mol. The summed E-state index contributed by atoms with van der Waals surface area (Å²) in [5.74, 6) is 0.251. The molecule has 2 unspecified atom stereocenters. The number of rotatable bonds is 7. The third kappa shape index (κ3) is 4.43. The predicted octanol–water partition coefficient (Wildman–Crippen LogP) is 5.99. The van der Waals surface area contributed by atoms with Crippen LogP contribution in [0.4, 0.5) is 0 Å². The summed E-state index contributed by atoms with van der Waals surface area (Å²) in [5, 5.41) is 9.63. The number of carboxylic acids is 1. The Bertz CT molecular complexity index is 1110. The number of hydrogen-bond acceptors (Lipinski definition) is 4. The van der Waals surface area contributed by atoms with Crippen LogP contribution in [0.2, 0.25) is 0 Å². The van der Waals surface area contributed by atoms with Crippen LogP contribution in [0.5, 0.6) is 11.5 Å². The van der Waals surface area contributed by atoms with Crippen LogP contribution in [0, 0.1) is 5.41 Å². The van der Waals surface area contributed by atoms with Crippen LogP contribution >= 0.6 is 0 Å². The first-order valence-electron chi connectivity index (χ1n) is 10.4. The zero-order valence-electron chi connectivity index (χ0n) is 19.0. The first-order chi connectivity index (χ1) is 15.2. The third-order valence-corrected chi connectivity index (χ3v) is 6.23. The zero-order chi connectivity index (χ0) is 23.5. The molecule has 1 aliphatic rings. The molecule has 166 valence electrons. The van der Waals surface area contributed by atoms with Gasteiger partial charge >= 0.3 is 5.97 Å². The monoisotopic (exact) mass is 432 g/mol. The maximum Gasteiger partial charge on any atom is 0.335 e. The van der Waals surface area contributed by atoms with E-state index in [1.807, 2.05) is 50.3 Å². The highest BCUT2D eigenvalue weighted by atomic mass is 16.5. The van der Waals surface area contributed by atoms with Gasteiger partial charge in [-0.15, -0.1) is 0 Å². The molecular formula is C27H28O5. The molecule has 1 aliphatic carbocycles. The van der Waals surface area contributed by atoms with E-state index in [0.29, 0.717) is 22.5 Å². The van der Waals surface area contributed by atoms with Gasteiger partial charge in [0.15, 0.2) is 5.78 Å². The lowest BCUT2D eigenvalue weighted by Gasteiger charge is -2.41. The molecule has 2 aromatic carbocycles. The molecule has 0 bridgehead atoms. The van der Waals surface area contributed by atoms with E-state index >= 15 is 0 Å². The summed E-state index contributed by atoms with van der Waals surface area (Å²) in [5.41, 5.74) is 2.37. The van der Waals surface area contributed by atoms with Crippen molar-refractivity contribution in [3.8, 4) is 11.5 Å². The first kappa shape index (κ1) is 23.2. The molecule has 1 N–H and O–H groups in total. The van der Waals surface area contributed by atoms with Crippen molar-refractivity contribution in [3.63, 3.8) is 0 Å². The highest BCUT2D eigenvalue weighted by Gasteiger charge is 2.42. The number of carbonyl (C=O) groups is 2. The minimum absolute atomic E-state index is 0.150. The summed E-state index contributed by atoms with van der Waals surface area (Å²) >= 11 is 0. The molecule has 0 heterocycles. The van der Waals surface area contributed by atoms with E-state index in [1.165, 1.54) is 6.08 Å². The number of carboxylic acid groups (broad SMARTS) is 1. The van der Waals surface area contributed by atoms with Crippen molar-refractivity contribution < 1.29 is 24.2 Å². The number of ketones is 1. The van der Waals surface area contributed by atoms with Crippen molar-refractivity contribution in [2.45, 2.75) is 33.8 Å². The van der Waals surface area contributed by atoms with Gasteiger partial charge in [0.05, 0.1) is 11.7 Å². The highest BCUT2D eigenvalue weighted by Crippen LogP contribution is 2.45. The van der Waals surface area contributed by atoms with Crippen LogP contribution in [0.1, 0.15) is 38.1 Å². The van der Waals surface area contributed by atoms with E-state index in [1.54, 1.807) is 45.2 Å². The lowest BCUT2D eigenvalue weighted by molar-refractivity contribution is -0.132. The Hall–Kier alpha value is -3.44. The Morgan fingerprint density at radius 3 is 2.12 bits per heavy atom. The van der Waals surface area contributed by atoms with E-state index in [2.05, 4.69) is 0 Å².